The smallest absolute Gasteiger partial charge is 0.260 e. The number of H-pyrrole nitrogens is 1. The third-order valence-corrected chi connectivity index (χ3v) is 4.33. The van der Waals surface area contributed by atoms with Crippen LogP contribution in [0.1, 0.15) is 5.76 Å². The summed E-state index contributed by atoms with van der Waals surface area (Å²) in [4.78, 5) is 0. The predicted molar refractivity (Wildman–Crippen MR) is 63.6 cm³/mol. The Labute approximate surface area is 107 Å². The summed E-state index contributed by atoms with van der Waals surface area (Å²) in [6.45, 7) is 0.160. The summed E-state index contributed by atoms with van der Waals surface area (Å²) < 4.78 is 31.0. The van der Waals surface area contributed by atoms with Crippen molar-refractivity contribution < 1.29 is 12.8 Å². The number of sulfonamides is 1. The largest absolute Gasteiger partial charge is 0.453 e. The van der Waals surface area contributed by atoms with E-state index in [9.17, 15) is 8.42 Å². The lowest BCUT2D eigenvalue weighted by atomic mass is 10.4. The van der Waals surface area contributed by atoms with Crippen LogP contribution in [0.25, 0.3) is 0 Å². The van der Waals surface area contributed by atoms with Gasteiger partial charge in [0.15, 0.2) is 9.70 Å². The Morgan fingerprint density at radius 1 is 1.47 bits per heavy atom. The minimum Gasteiger partial charge on any atom is -0.453 e. The van der Waals surface area contributed by atoms with Crippen LogP contribution in [-0.2, 0) is 16.6 Å². The number of hydrogen-bond acceptors (Lipinski definition) is 4. The second-order valence-electron chi connectivity index (χ2n) is 3.39. The topological polar surface area (TPSA) is 79.2 Å². The van der Waals surface area contributed by atoms with Gasteiger partial charge in [0, 0.05) is 7.05 Å². The van der Waals surface area contributed by atoms with Gasteiger partial charge in [-0.2, -0.15) is 9.40 Å². The average molecular weight is 320 g/mol. The van der Waals surface area contributed by atoms with Crippen LogP contribution in [0.2, 0.25) is 0 Å². The Morgan fingerprint density at radius 2 is 2.24 bits per heavy atom. The van der Waals surface area contributed by atoms with Gasteiger partial charge in [0.1, 0.15) is 5.76 Å². The van der Waals surface area contributed by atoms with Crippen molar-refractivity contribution in [2.24, 2.45) is 0 Å². The predicted octanol–water partition coefficient (Wildman–Crippen LogP) is 1.59. The molecule has 0 spiro atoms. The van der Waals surface area contributed by atoms with Gasteiger partial charge in [0.25, 0.3) is 10.0 Å². The molecule has 8 heteroatoms. The first-order valence-electron chi connectivity index (χ1n) is 4.70. The quantitative estimate of drug-likeness (QED) is 0.928. The van der Waals surface area contributed by atoms with Gasteiger partial charge in [-0.05, 0) is 34.1 Å². The molecule has 0 atom stereocenters. The number of nitrogens with zero attached hydrogens (tertiary/aromatic N) is 2. The standard InChI is InChI=1S/C9H10BrN3O3S/c1-13(6-7-2-3-8(10)16-7)17(14,15)9-4-5-11-12-9/h2-5H,6H2,1H3,(H,11,12). The number of nitrogens with one attached hydrogen (secondary N) is 1. The van der Waals surface area contributed by atoms with Crippen LogP contribution in [0.3, 0.4) is 0 Å². The van der Waals surface area contributed by atoms with Crippen LogP contribution >= 0.6 is 15.9 Å². The summed E-state index contributed by atoms with van der Waals surface area (Å²) in [5, 5.41) is 6.11. The zero-order valence-corrected chi connectivity index (χ0v) is 11.3. The SMILES string of the molecule is CN(Cc1ccc(Br)o1)S(=O)(=O)c1ccn[nH]1. The van der Waals surface area contributed by atoms with E-state index in [2.05, 4.69) is 26.1 Å². The second kappa shape index (κ2) is 4.63. The first kappa shape index (κ1) is 12.3. The molecule has 0 aliphatic heterocycles. The van der Waals surface area contributed by atoms with Gasteiger partial charge in [-0.25, -0.2) is 8.42 Å². The number of aromatic nitrogens is 2. The van der Waals surface area contributed by atoms with Crippen molar-refractivity contribution in [3.63, 3.8) is 0 Å². The highest BCUT2D eigenvalue weighted by Crippen LogP contribution is 2.18. The third kappa shape index (κ3) is 2.59. The maximum Gasteiger partial charge on any atom is 0.260 e. The minimum atomic E-state index is -3.54. The Hall–Kier alpha value is -1.12. The van der Waals surface area contributed by atoms with E-state index >= 15 is 0 Å². The van der Waals surface area contributed by atoms with Crippen LogP contribution in [0, 0.1) is 0 Å². The molecule has 2 aromatic rings. The number of hydrogen-bond donors (Lipinski definition) is 1. The Morgan fingerprint density at radius 3 is 2.76 bits per heavy atom. The Balaban J connectivity index is 2.18. The van der Waals surface area contributed by atoms with Crippen molar-refractivity contribution >= 4 is 26.0 Å². The van der Waals surface area contributed by atoms with Gasteiger partial charge < -0.3 is 4.42 Å². The fraction of sp³-hybridized carbons (Fsp3) is 0.222. The summed E-state index contributed by atoms with van der Waals surface area (Å²) in [6.07, 6.45) is 1.39. The van der Waals surface area contributed by atoms with Crippen molar-refractivity contribution in [3.05, 3.63) is 34.8 Å². The van der Waals surface area contributed by atoms with E-state index < -0.39 is 10.0 Å². The van der Waals surface area contributed by atoms with E-state index in [1.54, 1.807) is 12.1 Å². The first-order valence-corrected chi connectivity index (χ1v) is 6.93. The number of furan rings is 1. The van der Waals surface area contributed by atoms with Crippen molar-refractivity contribution in [1.29, 1.82) is 0 Å². The van der Waals surface area contributed by atoms with Gasteiger partial charge >= 0.3 is 0 Å². The van der Waals surface area contributed by atoms with Crippen LogP contribution < -0.4 is 0 Å². The van der Waals surface area contributed by atoms with E-state index in [0.29, 0.717) is 10.4 Å². The van der Waals surface area contributed by atoms with E-state index in [1.165, 1.54) is 23.6 Å². The molecule has 17 heavy (non-hydrogen) atoms. The minimum absolute atomic E-state index is 0.0608. The third-order valence-electron chi connectivity index (χ3n) is 2.17. The Kier molecular flexibility index (Phi) is 3.36. The molecule has 2 rings (SSSR count). The van der Waals surface area contributed by atoms with E-state index in [0.717, 1.165) is 0 Å². The molecule has 2 aromatic heterocycles. The van der Waals surface area contributed by atoms with Gasteiger partial charge in [-0.1, -0.05) is 0 Å². The lowest BCUT2D eigenvalue weighted by Crippen LogP contribution is -2.26. The molecule has 2 heterocycles. The van der Waals surface area contributed by atoms with E-state index in [4.69, 9.17) is 4.42 Å². The zero-order chi connectivity index (χ0) is 12.5. The molecule has 92 valence electrons. The fourth-order valence-electron chi connectivity index (χ4n) is 1.30. The Bertz CT molecular complexity index is 591. The maximum atomic E-state index is 12.0. The van der Waals surface area contributed by atoms with Gasteiger partial charge in [-0.3, -0.25) is 5.10 Å². The number of halogens is 1. The lowest BCUT2D eigenvalue weighted by Gasteiger charge is -2.13. The summed E-state index contributed by atoms with van der Waals surface area (Å²) in [7, 11) is -2.07. The normalized spacial score (nSPS) is 12.2. The zero-order valence-electron chi connectivity index (χ0n) is 8.92. The van der Waals surface area contributed by atoms with Crippen molar-refractivity contribution in [3.8, 4) is 0 Å². The second-order valence-corrected chi connectivity index (χ2v) is 6.18. The van der Waals surface area contributed by atoms with Crippen LogP contribution in [0.15, 0.2) is 38.5 Å². The molecular weight excluding hydrogens is 310 g/mol. The first-order chi connectivity index (χ1) is 8.00. The monoisotopic (exact) mass is 319 g/mol. The molecule has 0 fully saturated rings. The van der Waals surface area contributed by atoms with Crippen LogP contribution in [0.5, 0.6) is 0 Å². The van der Waals surface area contributed by atoms with Crippen molar-refractivity contribution in [1.82, 2.24) is 14.5 Å². The molecule has 6 nitrogen and oxygen atoms in total. The molecule has 1 N–H and O–H groups in total. The molecule has 0 bridgehead atoms. The molecule has 0 saturated heterocycles. The maximum absolute atomic E-state index is 12.0. The summed E-state index contributed by atoms with van der Waals surface area (Å²) in [5.74, 6) is 0.558. The average Bonchev–Trinajstić information content (AvgIpc) is 2.89. The summed E-state index contributed by atoms with van der Waals surface area (Å²) in [6, 6.07) is 4.83. The lowest BCUT2D eigenvalue weighted by molar-refractivity contribution is 0.397. The summed E-state index contributed by atoms with van der Waals surface area (Å²) in [5.41, 5.74) is 0. The molecule has 0 aliphatic rings. The van der Waals surface area contributed by atoms with Gasteiger partial charge in [0.05, 0.1) is 12.7 Å². The van der Waals surface area contributed by atoms with Gasteiger partial charge in [-0.15, -0.1) is 0 Å². The van der Waals surface area contributed by atoms with Crippen LogP contribution in [0.4, 0.5) is 0 Å². The number of rotatable bonds is 4. The van der Waals surface area contributed by atoms with E-state index in [-0.39, 0.29) is 11.6 Å². The van der Waals surface area contributed by atoms with Crippen molar-refractivity contribution in [2.45, 2.75) is 11.6 Å². The molecule has 0 radical (unpaired) electrons. The summed E-state index contributed by atoms with van der Waals surface area (Å²) >= 11 is 3.16. The fourth-order valence-corrected chi connectivity index (χ4v) is 2.67. The van der Waals surface area contributed by atoms with E-state index in [1.807, 2.05) is 0 Å². The highest BCUT2D eigenvalue weighted by molar-refractivity contribution is 9.10. The molecule has 0 amide bonds. The van der Waals surface area contributed by atoms with Crippen LogP contribution in [-0.4, -0.2) is 30.0 Å². The highest BCUT2D eigenvalue weighted by Gasteiger charge is 2.23. The highest BCUT2D eigenvalue weighted by atomic mass is 79.9. The molecule has 0 aliphatic carbocycles. The molecule has 0 saturated carbocycles. The van der Waals surface area contributed by atoms with Gasteiger partial charge in [0.2, 0.25) is 0 Å². The number of aromatic amines is 1. The van der Waals surface area contributed by atoms with Crippen molar-refractivity contribution in [2.75, 3.05) is 7.05 Å². The molecule has 0 unspecified atom stereocenters. The molecule has 0 aromatic carbocycles. The molecular formula is C9H10BrN3O3S.